The third-order valence-electron chi connectivity index (χ3n) is 3.62. The SMILES string of the molecule is CN(C(=O)Nc1nc(OCC(F)(F)F)cc(OCC(F)(F)F)n1)c1ccc(C(F)(F)F)c(Cl)c1. The summed E-state index contributed by atoms with van der Waals surface area (Å²) in [5.74, 6) is -2.56. The number of alkyl halides is 9. The van der Waals surface area contributed by atoms with E-state index in [1.807, 2.05) is 5.32 Å². The lowest BCUT2D eigenvalue weighted by Crippen LogP contribution is -2.32. The average molecular weight is 527 g/mol. The lowest BCUT2D eigenvalue weighted by atomic mass is 10.2. The number of amides is 2. The first-order valence-corrected chi connectivity index (χ1v) is 9.02. The number of hydrogen-bond acceptors (Lipinski definition) is 5. The van der Waals surface area contributed by atoms with Crippen LogP contribution in [-0.2, 0) is 6.18 Å². The van der Waals surface area contributed by atoms with Gasteiger partial charge in [-0.1, -0.05) is 11.6 Å². The molecule has 0 saturated heterocycles. The molecule has 17 heteroatoms. The maximum Gasteiger partial charge on any atom is 0.422 e. The molecule has 1 aromatic heterocycles. The lowest BCUT2D eigenvalue weighted by Gasteiger charge is -2.19. The number of nitrogens with zero attached hydrogens (tertiary/aromatic N) is 3. The Kier molecular flexibility index (Phi) is 7.95. The smallest absolute Gasteiger partial charge is 0.422 e. The standard InChI is InChI=1S/C17H12ClF9N4O3/c1-31(8-2-3-9(10(18)4-8)17(25,26)27)14(32)30-13-28-11(33-6-15(19,20)21)5-12(29-13)34-7-16(22,23)24/h2-5H,6-7H2,1H3,(H,28,29,30,32). The molecule has 2 amide bonds. The quantitative estimate of drug-likeness (QED) is 0.489. The van der Waals surface area contributed by atoms with Gasteiger partial charge in [0.25, 0.3) is 0 Å². The minimum Gasteiger partial charge on any atom is -0.468 e. The van der Waals surface area contributed by atoms with Crippen LogP contribution < -0.4 is 19.7 Å². The van der Waals surface area contributed by atoms with Gasteiger partial charge in [0.15, 0.2) is 13.2 Å². The summed E-state index contributed by atoms with van der Waals surface area (Å²) in [5.41, 5.74) is -1.32. The van der Waals surface area contributed by atoms with E-state index in [1.54, 1.807) is 0 Å². The second-order valence-electron chi connectivity index (χ2n) is 6.33. The average Bonchev–Trinajstić information content (AvgIpc) is 2.68. The van der Waals surface area contributed by atoms with E-state index in [4.69, 9.17) is 11.6 Å². The van der Waals surface area contributed by atoms with E-state index in [9.17, 15) is 44.3 Å². The summed E-state index contributed by atoms with van der Waals surface area (Å²) in [6.07, 6.45) is -14.4. The van der Waals surface area contributed by atoms with E-state index in [0.717, 1.165) is 24.1 Å². The Morgan fingerprint density at radius 3 is 1.85 bits per heavy atom. The van der Waals surface area contributed by atoms with Crippen molar-refractivity contribution in [3.05, 3.63) is 34.9 Å². The minimum absolute atomic E-state index is 0.145. The summed E-state index contributed by atoms with van der Waals surface area (Å²) in [7, 11) is 1.08. The Morgan fingerprint density at radius 2 is 1.44 bits per heavy atom. The van der Waals surface area contributed by atoms with Crippen molar-refractivity contribution in [2.45, 2.75) is 18.5 Å². The Morgan fingerprint density at radius 1 is 0.941 bits per heavy atom. The summed E-state index contributed by atoms with van der Waals surface area (Å²) in [6, 6.07) is 1.71. The molecule has 1 heterocycles. The molecule has 34 heavy (non-hydrogen) atoms. The minimum atomic E-state index is -4.82. The molecule has 0 fully saturated rings. The zero-order chi connectivity index (χ0) is 25.9. The van der Waals surface area contributed by atoms with Crippen molar-refractivity contribution >= 4 is 29.3 Å². The maximum absolute atomic E-state index is 12.8. The molecule has 0 bridgehead atoms. The molecule has 0 atom stereocenters. The predicted molar refractivity (Wildman–Crippen MR) is 99.0 cm³/mol. The molecule has 1 aromatic carbocycles. The number of nitrogens with one attached hydrogen (secondary N) is 1. The fourth-order valence-corrected chi connectivity index (χ4v) is 2.44. The first kappa shape index (κ1) is 27.1. The second kappa shape index (κ2) is 9.99. The second-order valence-corrected chi connectivity index (χ2v) is 6.73. The van der Waals surface area contributed by atoms with Crippen LogP contribution >= 0.6 is 11.6 Å². The van der Waals surface area contributed by atoms with E-state index in [1.165, 1.54) is 0 Å². The van der Waals surface area contributed by atoms with Crippen molar-refractivity contribution < 1.29 is 53.8 Å². The van der Waals surface area contributed by atoms with Crippen LogP contribution in [0.2, 0.25) is 5.02 Å². The zero-order valence-electron chi connectivity index (χ0n) is 16.6. The first-order valence-electron chi connectivity index (χ1n) is 8.64. The molecule has 0 aliphatic rings. The van der Waals surface area contributed by atoms with Crippen LogP contribution in [0.1, 0.15) is 5.56 Å². The largest absolute Gasteiger partial charge is 0.468 e. The Balaban J connectivity index is 2.25. The monoisotopic (exact) mass is 526 g/mol. The van der Waals surface area contributed by atoms with Gasteiger partial charge in [-0.25, -0.2) is 4.79 Å². The van der Waals surface area contributed by atoms with Crippen LogP contribution in [0.4, 0.5) is 55.9 Å². The van der Waals surface area contributed by atoms with E-state index >= 15 is 0 Å². The summed E-state index contributed by atoms with van der Waals surface area (Å²) in [4.78, 5) is 20.0. The van der Waals surface area contributed by atoms with Crippen molar-refractivity contribution in [3.63, 3.8) is 0 Å². The van der Waals surface area contributed by atoms with Crippen molar-refractivity contribution in [2.24, 2.45) is 0 Å². The van der Waals surface area contributed by atoms with Gasteiger partial charge in [0.2, 0.25) is 17.7 Å². The number of halogens is 10. The number of urea groups is 1. The number of carbonyl (C=O) groups excluding carboxylic acids is 1. The third-order valence-corrected chi connectivity index (χ3v) is 3.93. The van der Waals surface area contributed by atoms with Gasteiger partial charge >= 0.3 is 24.6 Å². The van der Waals surface area contributed by atoms with Crippen LogP contribution in [0, 0.1) is 0 Å². The fraction of sp³-hybridized carbons (Fsp3) is 0.353. The van der Waals surface area contributed by atoms with Crippen LogP contribution in [0.15, 0.2) is 24.3 Å². The maximum atomic E-state index is 12.8. The number of rotatable bonds is 6. The molecule has 0 spiro atoms. The first-order chi connectivity index (χ1) is 15.4. The van der Waals surface area contributed by atoms with Crippen molar-refractivity contribution in [2.75, 3.05) is 30.5 Å². The fourth-order valence-electron chi connectivity index (χ4n) is 2.16. The molecule has 188 valence electrons. The highest BCUT2D eigenvalue weighted by atomic mass is 35.5. The normalized spacial score (nSPS) is 12.3. The van der Waals surface area contributed by atoms with Crippen LogP contribution in [0.25, 0.3) is 0 Å². The molecule has 0 saturated carbocycles. The van der Waals surface area contributed by atoms with Crippen molar-refractivity contribution in [1.29, 1.82) is 0 Å². The topological polar surface area (TPSA) is 76.6 Å². The molecule has 2 aromatic rings. The van der Waals surface area contributed by atoms with E-state index in [2.05, 4.69) is 19.4 Å². The van der Waals surface area contributed by atoms with Gasteiger partial charge in [-0.2, -0.15) is 49.5 Å². The van der Waals surface area contributed by atoms with Crippen LogP contribution in [0.3, 0.4) is 0 Å². The molecule has 0 aliphatic heterocycles. The highest BCUT2D eigenvalue weighted by Gasteiger charge is 2.34. The molecule has 7 nitrogen and oxygen atoms in total. The number of anilines is 2. The highest BCUT2D eigenvalue weighted by Crippen LogP contribution is 2.36. The lowest BCUT2D eigenvalue weighted by molar-refractivity contribution is -0.154. The molecule has 0 radical (unpaired) electrons. The summed E-state index contributed by atoms with van der Waals surface area (Å²) in [5, 5.41) is 1.23. The summed E-state index contributed by atoms with van der Waals surface area (Å²) in [6.45, 7) is -3.72. The van der Waals surface area contributed by atoms with Crippen molar-refractivity contribution in [3.8, 4) is 11.8 Å². The van der Waals surface area contributed by atoms with Gasteiger partial charge in [0, 0.05) is 12.7 Å². The van der Waals surface area contributed by atoms with Gasteiger partial charge in [-0.3, -0.25) is 10.2 Å². The van der Waals surface area contributed by atoms with Gasteiger partial charge < -0.3 is 9.47 Å². The predicted octanol–water partition coefficient (Wildman–Crippen LogP) is 5.70. The van der Waals surface area contributed by atoms with E-state index < -0.39 is 66.1 Å². The highest BCUT2D eigenvalue weighted by molar-refractivity contribution is 6.31. The van der Waals surface area contributed by atoms with E-state index in [-0.39, 0.29) is 5.69 Å². The van der Waals surface area contributed by atoms with Gasteiger partial charge in [-0.15, -0.1) is 0 Å². The molecular formula is C17H12ClF9N4O3. The van der Waals surface area contributed by atoms with Gasteiger partial charge in [-0.05, 0) is 18.2 Å². The number of aromatic nitrogens is 2. The molecule has 0 aliphatic carbocycles. The number of hydrogen-bond donors (Lipinski definition) is 1. The van der Waals surface area contributed by atoms with Gasteiger partial charge in [0.1, 0.15) is 0 Å². The number of carbonyl (C=O) groups is 1. The zero-order valence-corrected chi connectivity index (χ0v) is 17.3. The molecular weight excluding hydrogens is 515 g/mol. The van der Waals surface area contributed by atoms with Crippen LogP contribution in [0.5, 0.6) is 11.8 Å². The van der Waals surface area contributed by atoms with Crippen LogP contribution in [-0.4, -0.2) is 48.6 Å². The number of ether oxygens (including phenoxy) is 2. The number of benzene rings is 1. The molecule has 0 unspecified atom stereocenters. The van der Waals surface area contributed by atoms with E-state index in [0.29, 0.717) is 12.1 Å². The summed E-state index contributed by atoms with van der Waals surface area (Å²) < 4.78 is 121. The Bertz CT molecular complexity index is 993. The Labute approximate surface area is 189 Å². The summed E-state index contributed by atoms with van der Waals surface area (Å²) >= 11 is 5.59. The molecule has 2 rings (SSSR count). The third kappa shape index (κ3) is 8.31. The molecule has 1 N–H and O–H groups in total. The van der Waals surface area contributed by atoms with Gasteiger partial charge in [0.05, 0.1) is 16.7 Å². The van der Waals surface area contributed by atoms with Crippen molar-refractivity contribution in [1.82, 2.24) is 9.97 Å². The Hall–Kier alpha value is -3.17.